The van der Waals surface area contributed by atoms with Gasteiger partial charge in [-0.2, -0.15) is 0 Å². The maximum Gasteiger partial charge on any atom is 0.573 e. The highest BCUT2D eigenvalue weighted by Gasteiger charge is 2.31. The summed E-state index contributed by atoms with van der Waals surface area (Å²) in [5, 5.41) is 7.55. The Bertz CT molecular complexity index is 2130. The first-order valence-electron chi connectivity index (χ1n) is 15.3. The summed E-state index contributed by atoms with van der Waals surface area (Å²) in [7, 11) is 0. The second-order valence-electron chi connectivity index (χ2n) is 11.2. The van der Waals surface area contributed by atoms with Crippen LogP contribution in [0.1, 0.15) is 16.7 Å². The molecule has 12 heteroatoms. The number of hydrogen-bond acceptors (Lipinski definition) is 5. The molecule has 0 radical (unpaired) electrons. The molecule has 1 heterocycles. The third-order valence-electron chi connectivity index (χ3n) is 7.68. The molecule has 1 aromatic heterocycles. The molecule has 0 aliphatic carbocycles. The second kappa shape index (κ2) is 14.7. The number of hydrogen-bond donors (Lipinski definition) is 2. The predicted octanol–water partition coefficient (Wildman–Crippen LogP) is 9.74. The molecule has 2 N–H and O–H groups in total. The number of aromatic nitrogens is 1. The predicted molar refractivity (Wildman–Crippen MR) is 184 cm³/mol. The van der Waals surface area contributed by atoms with Crippen molar-refractivity contribution in [1.82, 2.24) is 15.2 Å². The molecule has 0 unspecified atom stereocenters. The summed E-state index contributed by atoms with van der Waals surface area (Å²) in [4.78, 5) is 25.2. The molecule has 8 nitrogen and oxygen atoms in total. The van der Waals surface area contributed by atoms with E-state index >= 15 is 0 Å². The average molecular weight is 700 g/mol. The van der Waals surface area contributed by atoms with Crippen LogP contribution in [-0.2, 0) is 13.1 Å². The van der Waals surface area contributed by atoms with E-state index in [4.69, 9.17) is 21.1 Å². The van der Waals surface area contributed by atoms with E-state index < -0.39 is 18.5 Å². The molecule has 6 rings (SSSR count). The molecule has 5 aromatic carbocycles. The van der Waals surface area contributed by atoms with Crippen LogP contribution in [-0.4, -0.2) is 23.1 Å². The van der Waals surface area contributed by atoms with Crippen LogP contribution >= 0.6 is 11.6 Å². The Morgan fingerprint density at radius 3 is 2.00 bits per heavy atom. The van der Waals surface area contributed by atoms with Crippen molar-refractivity contribution in [2.45, 2.75) is 26.4 Å². The smallest absolute Gasteiger partial charge is 0.410 e. The molecule has 0 fully saturated rings. The molecule has 0 spiro atoms. The summed E-state index contributed by atoms with van der Waals surface area (Å²) in [6.07, 6.45) is -4.17. The molecule has 0 aliphatic rings. The van der Waals surface area contributed by atoms with Gasteiger partial charge in [-0.25, -0.2) is 9.59 Å². The molecule has 2 amide bonds. The molecule has 0 saturated heterocycles. The maximum atomic E-state index is 12.8. The van der Waals surface area contributed by atoms with E-state index in [0.29, 0.717) is 34.0 Å². The summed E-state index contributed by atoms with van der Waals surface area (Å²) in [5.74, 6) is 0.406. The van der Waals surface area contributed by atoms with Crippen LogP contribution in [0.25, 0.3) is 27.7 Å². The fourth-order valence-electron chi connectivity index (χ4n) is 5.24. The first kappa shape index (κ1) is 33.9. The number of ether oxygens (including phenoxy) is 3. The van der Waals surface area contributed by atoms with Crippen molar-refractivity contribution in [3.63, 3.8) is 0 Å². The highest BCUT2D eigenvalue weighted by Crippen LogP contribution is 2.34. The Morgan fingerprint density at radius 2 is 1.34 bits per heavy atom. The van der Waals surface area contributed by atoms with Crippen molar-refractivity contribution < 1.29 is 37.0 Å². The van der Waals surface area contributed by atoms with Crippen LogP contribution in [0, 0.1) is 6.92 Å². The van der Waals surface area contributed by atoms with Gasteiger partial charge in [0.2, 0.25) is 0 Å². The number of alkyl halides is 3. The van der Waals surface area contributed by atoms with Gasteiger partial charge in [0.15, 0.2) is 0 Å². The molecule has 50 heavy (non-hydrogen) atoms. The lowest BCUT2D eigenvalue weighted by molar-refractivity contribution is -0.274. The molecular weight excluding hydrogens is 671 g/mol. The average Bonchev–Trinajstić information content (AvgIpc) is 3.59. The Balaban J connectivity index is 1.13. The quantitative estimate of drug-likeness (QED) is 0.157. The van der Waals surface area contributed by atoms with Gasteiger partial charge < -0.3 is 29.4 Å². The molecule has 0 atom stereocenters. The number of halogens is 4. The zero-order chi connectivity index (χ0) is 35.3. The summed E-state index contributed by atoms with van der Waals surface area (Å²) in [6.45, 7) is 2.16. The van der Waals surface area contributed by atoms with Crippen molar-refractivity contribution in [3.05, 3.63) is 143 Å². The molecular formula is C38H29ClF3N3O5. The molecule has 0 bridgehead atoms. The highest BCUT2D eigenvalue weighted by molar-refractivity contribution is 6.30. The van der Waals surface area contributed by atoms with Gasteiger partial charge in [0.1, 0.15) is 17.2 Å². The zero-order valence-corrected chi connectivity index (χ0v) is 27.2. The molecule has 254 valence electrons. The molecule has 6 aromatic rings. The van der Waals surface area contributed by atoms with Gasteiger partial charge in [-0.15, -0.1) is 13.2 Å². The number of nitrogens with zero attached hydrogens (tertiary/aromatic N) is 1. The molecule has 0 saturated carbocycles. The lowest BCUT2D eigenvalue weighted by Gasteiger charge is -2.15. The lowest BCUT2D eigenvalue weighted by atomic mass is 10.0. The zero-order valence-electron chi connectivity index (χ0n) is 26.5. The maximum absolute atomic E-state index is 12.8. The van der Waals surface area contributed by atoms with Crippen molar-refractivity contribution in [1.29, 1.82) is 0 Å². The second-order valence-corrected chi connectivity index (χ2v) is 11.6. The van der Waals surface area contributed by atoms with E-state index in [9.17, 15) is 22.8 Å². The topological polar surface area (TPSA) is 90.8 Å². The van der Waals surface area contributed by atoms with Crippen molar-refractivity contribution >= 4 is 34.6 Å². The fourth-order valence-corrected chi connectivity index (χ4v) is 5.37. The number of aryl methyl sites for hydroxylation is 1. The lowest BCUT2D eigenvalue weighted by Crippen LogP contribution is -2.26. The number of benzene rings is 5. The SMILES string of the molecule is Cc1ccc2ccc(-c3cccn3-c3ccc(OC(=O)NCc4ccc(Cl)cc4)cc3)cc2c1OC(=O)NCc1ccc(OC(F)(F)F)cc1. The third-order valence-corrected chi connectivity index (χ3v) is 7.93. The Morgan fingerprint density at radius 1 is 0.740 bits per heavy atom. The summed E-state index contributed by atoms with van der Waals surface area (Å²) in [5.41, 5.74) is 4.75. The summed E-state index contributed by atoms with van der Waals surface area (Å²) < 4.78 is 54.4. The van der Waals surface area contributed by atoms with Crippen molar-refractivity contribution in [2.24, 2.45) is 0 Å². The first-order chi connectivity index (χ1) is 24.0. The van der Waals surface area contributed by atoms with Crippen LogP contribution in [0.2, 0.25) is 5.02 Å². The van der Waals surface area contributed by atoms with Gasteiger partial charge in [0.25, 0.3) is 0 Å². The van der Waals surface area contributed by atoms with E-state index in [1.165, 1.54) is 24.3 Å². The minimum atomic E-state index is -4.79. The van der Waals surface area contributed by atoms with Crippen LogP contribution in [0.15, 0.2) is 121 Å². The van der Waals surface area contributed by atoms with Gasteiger partial charge in [-0.05, 0) is 101 Å². The van der Waals surface area contributed by atoms with Gasteiger partial charge >= 0.3 is 18.5 Å². The van der Waals surface area contributed by atoms with E-state index in [0.717, 1.165) is 33.5 Å². The van der Waals surface area contributed by atoms with Gasteiger partial charge in [0.05, 0.1) is 5.69 Å². The number of fused-ring (bicyclic) bond motifs is 1. The molecule has 0 aliphatic heterocycles. The van der Waals surface area contributed by atoms with Crippen LogP contribution in [0.4, 0.5) is 22.8 Å². The summed E-state index contributed by atoms with van der Waals surface area (Å²) >= 11 is 5.91. The minimum Gasteiger partial charge on any atom is -0.410 e. The Kier molecular flexibility index (Phi) is 9.96. The van der Waals surface area contributed by atoms with Crippen LogP contribution in [0.5, 0.6) is 17.2 Å². The Hall–Kier alpha value is -5.94. The van der Waals surface area contributed by atoms with E-state index in [-0.39, 0.29) is 12.3 Å². The number of carbonyl (C=O) groups is 2. The number of rotatable bonds is 9. The largest absolute Gasteiger partial charge is 0.573 e. The van der Waals surface area contributed by atoms with Crippen LogP contribution < -0.4 is 24.8 Å². The number of carbonyl (C=O) groups excluding carboxylic acids is 2. The van der Waals surface area contributed by atoms with Gasteiger partial charge in [-0.3, -0.25) is 0 Å². The van der Waals surface area contributed by atoms with Gasteiger partial charge in [-0.1, -0.05) is 60.1 Å². The van der Waals surface area contributed by atoms with Crippen molar-refractivity contribution in [2.75, 3.05) is 0 Å². The van der Waals surface area contributed by atoms with Gasteiger partial charge in [0, 0.05) is 35.4 Å². The normalized spacial score (nSPS) is 11.2. The minimum absolute atomic E-state index is 0.0334. The van der Waals surface area contributed by atoms with E-state index in [1.54, 1.807) is 24.3 Å². The van der Waals surface area contributed by atoms with Crippen LogP contribution in [0.3, 0.4) is 0 Å². The monoisotopic (exact) mass is 699 g/mol. The standard InChI is InChI=1S/C38H29ClF3N3O5/c1-24-4-9-27-10-11-28(21-33(27)35(24)49-37(47)44-23-26-7-16-32(17-8-26)50-38(40,41)42)34-3-2-20-45(34)30-14-18-31(19-15-30)48-36(46)43-22-25-5-12-29(39)13-6-25/h2-21H,22-23H2,1H3,(H,43,46)(H,44,47). The van der Waals surface area contributed by atoms with E-state index in [2.05, 4.69) is 15.4 Å². The number of amides is 2. The highest BCUT2D eigenvalue weighted by atomic mass is 35.5. The Labute approximate surface area is 290 Å². The third kappa shape index (κ3) is 8.55. The summed E-state index contributed by atoms with van der Waals surface area (Å²) in [6, 6.07) is 33.0. The first-order valence-corrected chi connectivity index (χ1v) is 15.7. The van der Waals surface area contributed by atoms with E-state index in [1.807, 2.05) is 84.4 Å². The fraction of sp³-hybridized carbons (Fsp3) is 0.105. The number of nitrogens with one attached hydrogen (secondary N) is 2. The van der Waals surface area contributed by atoms with Crippen molar-refractivity contribution in [3.8, 4) is 34.2 Å².